The first-order valence-corrected chi connectivity index (χ1v) is 10.7. The number of pyridine rings is 1. The normalized spacial score (nSPS) is 13.9. The highest BCUT2D eigenvalue weighted by Gasteiger charge is 2.24. The Balaban J connectivity index is 1.31. The molecule has 3 aromatic heterocycles. The van der Waals surface area contributed by atoms with Crippen LogP contribution in [0.5, 0.6) is 0 Å². The monoisotopic (exact) mass is 445 g/mol. The summed E-state index contributed by atoms with van der Waals surface area (Å²) in [5.74, 6) is 0.231. The number of hydrogen-bond donors (Lipinski definition) is 1. The number of aryl methyl sites for hydroxylation is 1. The number of nitrogens with one attached hydrogen (secondary N) is 1. The Morgan fingerprint density at radius 3 is 2.70 bits per heavy atom. The zero-order valence-corrected chi connectivity index (χ0v) is 18.1. The van der Waals surface area contributed by atoms with Gasteiger partial charge in [0.2, 0.25) is 5.91 Å². The molecule has 0 unspecified atom stereocenters. The highest BCUT2D eigenvalue weighted by Crippen LogP contribution is 2.19. The largest absolute Gasteiger partial charge is 0.378 e. The van der Waals surface area contributed by atoms with Crippen molar-refractivity contribution < 1.29 is 14.3 Å². The molecular formula is C23H23N7O3. The summed E-state index contributed by atoms with van der Waals surface area (Å²) in [7, 11) is 1.73. The van der Waals surface area contributed by atoms with Crippen molar-refractivity contribution in [2.24, 2.45) is 7.05 Å². The Bertz CT molecular complexity index is 1310. The van der Waals surface area contributed by atoms with Crippen molar-refractivity contribution >= 4 is 23.1 Å². The molecule has 4 aromatic rings. The Labute approximate surface area is 189 Å². The van der Waals surface area contributed by atoms with Gasteiger partial charge in [-0.1, -0.05) is 30.3 Å². The van der Waals surface area contributed by atoms with Crippen molar-refractivity contribution in [2.45, 2.75) is 6.42 Å². The van der Waals surface area contributed by atoms with Crippen LogP contribution >= 0.6 is 0 Å². The van der Waals surface area contributed by atoms with Crippen molar-refractivity contribution in [1.29, 1.82) is 0 Å². The Morgan fingerprint density at radius 1 is 1.12 bits per heavy atom. The van der Waals surface area contributed by atoms with Crippen molar-refractivity contribution in [3.8, 4) is 11.4 Å². The quantitative estimate of drug-likeness (QED) is 0.502. The maximum absolute atomic E-state index is 12.9. The summed E-state index contributed by atoms with van der Waals surface area (Å²) >= 11 is 0. The predicted molar refractivity (Wildman–Crippen MR) is 121 cm³/mol. The van der Waals surface area contributed by atoms with Gasteiger partial charge in [-0.2, -0.15) is 5.10 Å². The third kappa shape index (κ3) is 4.33. The van der Waals surface area contributed by atoms with Gasteiger partial charge < -0.3 is 15.0 Å². The smallest absolute Gasteiger partial charge is 0.257 e. The molecule has 0 radical (unpaired) electrons. The minimum absolute atomic E-state index is 0.0229. The van der Waals surface area contributed by atoms with Gasteiger partial charge in [0, 0.05) is 43.7 Å². The lowest BCUT2D eigenvalue weighted by molar-refractivity contribution is -0.115. The summed E-state index contributed by atoms with van der Waals surface area (Å²) in [4.78, 5) is 32.0. The van der Waals surface area contributed by atoms with Gasteiger partial charge in [-0.3, -0.25) is 14.3 Å². The number of nitrogens with zero attached hydrogens (tertiary/aromatic N) is 6. The van der Waals surface area contributed by atoms with Crippen molar-refractivity contribution in [3.05, 3.63) is 66.1 Å². The highest BCUT2D eigenvalue weighted by molar-refractivity contribution is 5.98. The summed E-state index contributed by atoms with van der Waals surface area (Å²) in [6, 6.07) is 13.2. The average molecular weight is 445 g/mol. The number of carbonyl (C=O) groups excluding carboxylic acids is 2. The van der Waals surface area contributed by atoms with Crippen LogP contribution in [0.15, 0.2) is 54.9 Å². The molecule has 4 heterocycles. The number of morpholine rings is 1. The van der Waals surface area contributed by atoms with Crippen molar-refractivity contribution in [2.75, 3.05) is 31.6 Å². The van der Waals surface area contributed by atoms with Gasteiger partial charge in [-0.25, -0.2) is 9.50 Å². The molecule has 0 spiro atoms. The number of carbonyl (C=O) groups is 2. The van der Waals surface area contributed by atoms with E-state index in [0.29, 0.717) is 54.7 Å². The molecule has 168 valence electrons. The molecule has 1 aromatic carbocycles. The summed E-state index contributed by atoms with van der Waals surface area (Å²) in [5, 5.41) is 11.6. The SMILES string of the molecule is Cn1ncc(C(=O)N2CCOCC2)c1CC(=O)Nc1ccn2nc(-c3ccccc3)nc2c1. The second kappa shape index (κ2) is 8.83. The molecule has 1 fully saturated rings. The van der Waals surface area contributed by atoms with E-state index in [1.807, 2.05) is 30.3 Å². The molecule has 1 saturated heterocycles. The lowest BCUT2D eigenvalue weighted by Gasteiger charge is -2.26. The summed E-state index contributed by atoms with van der Waals surface area (Å²) < 4.78 is 8.55. The first kappa shape index (κ1) is 20.8. The second-order valence-electron chi connectivity index (χ2n) is 7.78. The number of hydrogen-bond acceptors (Lipinski definition) is 6. The van der Waals surface area contributed by atoms with Crippen LogP contribution in [0.2, 0.25) is 0 Å². The van der Waals surface area contributed by atoms with E-state index in [0.717, 1.165) is 5.56 Å². The number of fused-ring (bicyclic) bond motifs is 1. The van der Waals surface area contributed by atoms with Crippen LogP contribution in [0, 0.1) is 0 Å². The maximum Gasteiger partial charge on any atom is 0.257 e. The zero-order valence-electron chi connectivity index (χ0n) is 18.1. The molecule has 10 nitrogen and oxygen atoms in total. The average Bonchev–Trinajstić information content (AvgIpc) is 3.43. The molecule has 5 rings (SSSR count). The van der Waals surface area contributed by atoms with E-state index in [4.69, 9.17) is 4.74 Å². The van der Waals surface area contributed by atoms with E-state index in [2.05, 4.69) is 20.5 Å². The Hall–Kier alpha value is -4.05. The van der Waals surface area contributed by atoms with Crippen LogP contribution < -0.4 is 5.32 Å². The van der Waals surface area contributed by atoms with E-state index in [1.165, 1.54) is 6.20 Å². The van der Waals surface area contributed by atoms with E-state index in [1.54, 1.807) is 39.5 Å². The summed E-state index contributed by atoms with van der Waals surface area (Å²) in [6.45, 7) is 2.09. The number of aromatic nitrogens is 5. The molecule has 1 aliphatic rings. The van der Waals surface area contributed by atoms with Crippen LogP contribution in [-0.2, 0) is 23.0 Å². The number of anilines is 1. The standard InChI is InChI=1S/C23H23N7O3/c1-28-19(18(15-24-28)23(32)29-9-11-33-12-10-29)14-21(31)25-17-7-8-30-20(13-17)26-22(27-30)16-5-3-2-4-6-16/h2-8,13,15H,9-12,14H2,1H3,(H,25,31). The minimum Gasteiger partial charge on any atom is -0.378 e. The molecule has 0 atom stereocenters. The van der Waals surface area contributed by atoms with Crippen molar-refractivity contribution in [3.63, 3.8) is 0 Å². The number of amides is 2. The van der Waals surface area contributed by atoms with Crippen LogP contribution in [0.25, 0.3) is 17.0 Å². The Kier molecular flexibility index (Phi) is 5.57. The molecule has 0 aliphatic carbocycles. The summed E-state index contributed by atoms with van der Waals surface area (Å²) in [6.07, 6.45) is 3.30. The van der Waals surface area contributed by atoms with Crippen LogP contribution in [-0.4, -0.2) is 67.4 Å². The fraction of sp³-hybridized carbons (Fsp3) is 0.261. The van der Waals surface area contributed by atoms with Gasteiger partial charge in [0.1, 0.15) is 0 Å². The van der Waals surface area contributed by atoms with Gasteiger partial charge in [0.05, 0.1) is 37.1 Å². The highest BCUT2D eigenvalue weighted by atomic mass is 16.5. The molecule has 1 aliphatic heterocycles. The minimum atomic E-state index is -0.248. The topological polar surface area (TPSA) is 107 Å². The number of ether oxygens (including phenoxy) is 1. The number of benzene rings is 1. The van der Waals surface area contributed by atoms with Gasteiger partial charge in [0.15, 0.2) is 11.5 Å². The van der Waals surface area contributed by atoms with Crippen LogP contribution in [0.1, 0.15) is 16.1 Å². The zero-order chi connectivity index (χ0) is 22.8. The predicted octanol–water partition coefficient (Wildman–Crippen LogP) is 1.78. The van der Waals surface area contributed by atoms with Gasteiger partial charge in [0.25, 0.3) is 5.91 Å². The van der Waals surface area contributed by atoms with Crippen LogP contribution in [0.3, 0.4) is 0 Å². The fourth-order valence-electron chi connectivity index (χ4n) is 3.81. The van der Waals surface area contributed by atoms with E-state index < -0.39 is 0 Å². The van der Waals surface area contributed by atoms with E-state index in [-0.39, 0.29) is 18.2 Å². The van der Waals surface area contributed by atoms with Crippen molar-refractivity contribution in [1.82, 2.24) is 29.3 Å². The lowest BCUT2D eigenvalue weighted by atomic mass is 10.1. The third-order valence-corrected chi connectivity index (χ3v) is 5.57. The van der Waals surface area contributed by atoms with Gasteiger partial charge in [-0.05, 0) is 6.07 Å². The molecule has 2 amide bonds. The Morgan fingerprint density at radius 2 is 1.91 bits per heavy atom. The summed E-state index contributed by atoms with van der Waals surface area (Å²) in [5.41, 5.74) is 3.15. The molecule has 1 N–H and O–H groups in total. The molecule has 33 heavy (non-hydrogen) atoms. The number of rotatable bonds is 5. The van der Waals surface area contributed by atoms with E-state index in [9.17, 15) is 9.59 Å². The first-order chi connectivity index (χ1) is 16.1. The van der Waals surface area contributed by atoms with Gasteiger partial charge >= 0.3 is 0 Å². The van der Waals surface area contributed by atoms with Gasteiger partial charge in [-0.15, -0.1) is 5.10 Å². The lowest BCUT2D eigenvalue weighted by Crippen LogP contribution is -2.41. The van der Waals surface area contributed by atoms with E-state index >= 15 is 0 Å². The molecule has 10 heteroatoms. The second-order valence-corrected chi connectivity index (χ2v) is 7.78. The first-order valence-electron chi connectivity index (χ1n) is 10.7. The fourth-order valence-corrected chi connectivity index (χ4v) is 3.81. The molecular weight excluding hydrogens is 422 g/mol. The molecule has 0 saturated carbocycles. The van der Waals surface area contributed by atoms with Crippen LogP contribution in [0.4, 0.5) is 5.69 Å². The molecule has 0 bridgehead atoms. The third-order valence-electron chi connectivity index (χ3n) is 5.57. The maximum atomic E-state index is 12.9.